The van der Waals surface area contributed by atoms with Gasteiger partial charge in [-0.1, -0.05) is 18.2 Å². The molecule has 0 bridgehead atoms. The third-order valence-electron chi connectivity index (χ3n) is 3.31. The summed E-state index contributed by atoms with van der Waals surface area (Å²) < 4.78 is 39.7. The Kier molecular flexibility index (Phi) is 6.04. The van der Waals surface area contributed by atoms with Gasteiger partial charge in [-0.15, -0.1) is 0 Å². The topological polar surface area (TPSA) is 49.4 Å². The van der Waals surface area contributed by atoms with Gasteiger partial charge >= 0.3 is 6.18 Å². The Balaban J connectivity index is 2.07. The number of likely N-dealkylation sites (N-methyl/N-ethyl adjacent to an activating group) is 1. The second kappa shape index (κ2) is 7.85. The summed E-state index contributed by atoms with van der Waals surface area (Å²) in [6.45, 7) is -0.365. The Labute approximate surface area is 156 Å². The summed E-state index contributed by atoms with van der Waals surface area (Å²) in [6, 6.07) is 11.5. The van der Waals surface area contributed by atoms with Crippen LogP contribution < -0.4 is 5.32 Å². The Hall–Kier alpha value is -2.10. The number of amides is 2. The molecule has 0 aliphatic heterocycles. The van der Waals surface area contributed by atoms with Crippen molar-refractivity contribution in [3.63, 3.8) is 0 Å². The van der Waals surface area contributed by atoms with E-state index in [0.717, 1.165) is 14.5 Å². The molecule has 2 rings (SSSR count). The standard InChI is InChI=1S/C17H14F3IN2O2/c1-23(16(25)11-5-4-6-12(21)9-11)10-15(24)22-14-8-3-2-7-13(14)17(18,19)20/h2-9H,10H2,1H3,(H,22,24). The van der Waals surface area contributed by atoms with Gasteiger partial charge in [0.1, 0.15) is 0 Å². The highest BCUT2D eigenvalue weighted by atomic mass is 127. The van der Waals surface area contributed by atoms with E-state index in [-0.39, 0.29) is 12.2 Å². The summed E-state index contributed by atoms with van der Waals surface area (Å²) >= 11 is 2.06. The van der Waals surface area contributed by atoms with Gasteiger partial charge in [-0.3, -0.25) is 9.59 Å². The molecule has 0 fully saturated rings. The van der Waals surface area contributed by atoms with Crippen molar-refractivity contribution in [3.8, 4) is 0 Å². The maximum atomic E-state index is 12.9. The maximum Gasteiger partial charge on any atom is 0.418 e. The van der Waals surface area contributed by atoms with Gasteiger partial charge in [-0.2, -0.15) is 13.2 Å². The van der Waals surface area contributed by atoms with E-state index in [1.165, 1.54) is 25.2 Å². The number of carbonyl (C=O) groups excluding carboxylic acids is 2. The predicted molar refractivity (Wildman–Crippen MR) is 96.2 cm³/mol. The van der Waals surface area contributed by atoms with Crippen LogP contribution in [0.2, 0.25) is 0 Å². The average molecular weight is 462 g/mol. The summed E-state index contributed by atoms with van der Waals surface area (Å²) in [6.07, 6.45) is -4.58. The van der Waals surface area contributed by atoms with Gasteiger partial charge in [0.2, 0.25) is 5.91 Å². The quantitative estimate of drug-likeness (QED) is 0.699. The van der Waals surface area contributed by atoms with E-state index < -0.39 is 23.6 Å². The molecule has 2 amide bonds. The molecule has 0 unspecified atom stereocenters. The summed E-state index contributed by atoms with van der Waals surface area (Å²) in [5, 5.41) is 2.21. The van der Waals surface area contributed by atoms with Crippen LogP contribution in [0.4, 0.5) is 18.9 Å². The molecule has 0 radical (unpaired) electrons. The summed E-state index contributed by atoms with van der Waals surface area (Å²) in [5.74, 6) is -1.10. The molecule has 0 aromatic heterocycles. The largest absolute Gasteiger partial charge is 0.418 e. The Morgan fingerprint density at radius 2 is 1.80 bits per heavy atom. The first-order valence-corrected chi connectivity index (χ1v) is 8.23. The van der Waals surface area contributed by atoms with Gasteiger partial charge in [0.15, 0.2) is 0 Å². The number of hydrogen-bond acceptors (Lipinski definition) is 2. The van der Waals surface area contributed by atoms with E-state index in [9.17, 15) is 22.8 Å². The molecule has 2 aromatic carbocycles. The lowest BCUT2D eigenvalue weighted by molar-refractivity contribution is -0.137. The van der Waals surface area contributed by atoms with Crippen LogP contribution in [0.5, 0.6) is 0 Å². The summed E-state index contributed by atoms with van der Waals surface area (Å²) in [4.78, 5) is 25.5. The first-order chi connectivity index (χ1) is 11.7. The number of para-hydroxylation sites is 1. The molecule has 0 aliphatic carbocycles. The van der Waals surface area contributed by atoms with Gasteiger partial charge in [0, 0.05) is 16.2 Å². The lowest BCUT2D eigenvalue weighted by Gasteiger charge is -2.18. The fourth-order valence-electron chi connectivity index (χ4n) is 2.16. The Morgan fingerprint density at radius 3 is 2.44 bits per heavy atom. The molecule has 0 heterocycles. The highest BCUT2D eigenvalue weighted by Crippen LogP contribution is 2.34. The van der Waals surface area contributed by atoms with E-state index >= 15 is 0 Å². The van der Waals surface area contributed by atoms with Crippen molar-refractivity contribution >= 4 is 40.1 Å². The van der Waals surface area contributed by atoms with Crippen LogP contribution in [0, 0.1) is 3.57 Å². The normalized spacial score (nSPS) is 11.1. The molecular formula is C17H14F3IN2O2. The molecule has 8 heteroatoms. The van der Waals surface area contributed by atoms with Gasteiger partial charge in [0.05, 0.1) is 17.8 Å². The minimum absolute atomic E-state index is 0.338. The Bertz CT molecular complexity index is 793. The highest BCUT2D eigenvalue weighted by molar-refractivity contribution is 14.1. The van der Waals surface area contributed by atoms with Crippen LogP contribution in [0.15, 0.2) is 48.5 Å². The molecular weight excluding hydrogens is 448 g/mol. The van der Waals surface area contributed by atoms with Crippen LogP contribution in [0.1, 0.15) is 15.9 Å². The molecule has 0 aliphatic rings. The number of halogens is 4. The molecule has 0 saturated carbocycles. The summed E-state index contributed by atoms with van der Waals surface area (Å²) in [7, 11) is 1.41. The van der Waals surface area contributed by atoms with E-state index in [4.69, 9.17) is 0 Å². The lowest BCUT2D eigenvalue weighted by atomic mass is 10.1. The molecule has 0 saturated heterocycles. The van der Waals surface area contributed by atoms with Crippen molar-refractivity contribution in [2.45, 2.75) is 6.18 Å². The smallest absolute Gasteiger partial charge is 0.332 e. The number of rotatable bonds is 4. The second-order valence-electron chi connectivity index (χ2n) is 5.26. The average Bonchev–Trinajstić information content (AvgIpc) is 2.53. The fourth-order valence-corrected chi connectivity index (χ4v) is 2.70. The van der Waals surface area contributed by atoms with Crippen LogP contribution in [0.25, 0.3) is 0 Å². The number of alkyl halides is 3. The molecule has 0 atom stereocenters. The Morgan fingerprint density at radius 1 is 1.12 bits per heavy atom. The van der Waals surface area contributed by atoms with Gasteiger partial charge < -0.3 is 10.2 Å². The minimum Gasteiger partial charge on any atom is -0.332 e. The van der Waals surface area contributed by atoms with E-state index in [1.54, 1.807) is 18.2 Å². The number of hydrogen-bond donors (Lipinski definition) is 1. The minimum atomic E-state index is -4.58. The van der Waals surface area contributed by atoms with Gasteiger partial charge in [0.25, 0.3) is 5.91 Å². The van der Waals surface area contributed by atoms with Gasteiger partial charge in [-0.05, 0) is 52.9 Å². The van der Waals surface area contributed by atoms with Crippen LogP contribution >= 0.6 is 22.6 Å². The van der Waals surface area contributed by atoms with Crippen molar-refractivity contribution in [1.29, 1.82) is 0 Å². The van der Waals surface area contributed by atoms with Crippen molar-refractivity contribution < 1.29 is 22.8 Å². The van der Waals surface area contributed by atoms with Crippen LogP contribution in [-0.4, -0.2) is 30.3 Å². The lowest BCUT2D eigenvalue weighted by Crippen LogP contribution is -2.35. The highest BCUT2D eigenvalue weighted by Gasteiger charge is 2.33. The monoisotopic (exact) mass is 462 g/mol. The van der Waals surface area contributed by atoms with E-state index in [0.29, 0.717) is 5.56 Å². The molecule has 132 valence electrons. The number of nitrogens with one attached hydrogen (secondary N) is 1. The molecule has 2 aromatic rings. The van der Waals surface area contributed by atoms with Gasteiger partial charge in [-0.25, -0.2) is 0 Å². The molecule has 4 nitrogen and oxygen atoms in total. The third-order valence-corrected chi connectivity index (χ3v) is 3.98. The van der Waals surface area contributed by atoms with E-state index in [2.05, 4.69) is 27.9 Å². The number of anilines is 1. The van der Waals surface area contributed by atoms with Crippen LogP contribution in [0.3, 0.4) is 0 Å². The number of benzene rings is 2. The molecule has 1 N–H and O–H groups in total. The first-order valence-electron chi connectivity index (χ1n) is 7.15. The molecule has 0 spiro atoms. The van der Waals surface area contributed by atoms with Crippen LogP contribution in [-0.2, 0) is 11.0 Å². The second-order valence-corrected chi connectivity index (χ2v) is 6.51. The van der Waals surface area contributed by atoms with Crippen molar-refractivity contribution in [2.24, 2.45) is 0 Å². The zero-order valence-electron chi connectivity index (χ0n) is 13.1. The SMILES string of the molecule is CN(CC(=O)Nc1ccccc1C(F)(F)F)C(=O)c1cccc(I)c1. The number of carbonyl (C=O) groups is 2. The third kappa shape index (κ3) is 5.18. The first kappa shape index (κ1) is 19.2. The zero-order chi connectivity index (χ0) is 18.6. The van der Waals surface area contributed by atoms with E-state index in [1.807, 2.05) is 6.07 Å². The predicted octanol–water partition coefficient (Wildman–Crippen LogP) is 4.02. The maximum absolute atomic E-state index is 12.9. The molecule has 25 heavy (non-hydrogen) atoms. The fraction of sp³-hybridized carbons (Fsp3) is 0.176. The van der Waals surface area contributed by atoms with Crippen molar-refractivity contribution in [3.05, 3.63) is 63.2 Å². The van der Waals surface area contributed by atoms with Crippen molar-refractivity contribution in [1.82, 2.24) is 4.90 Å². The number of nitrogens with zero attached hydrogens (tertiary/aromatic N) is 1. The zero-order valence-corrected chi connectivity index (χ0v) is 15.3. The van der Waals surface area contributed by atoms with Crippen molar-refractivity contribution in [2.75, 3.05) is 18.9 Å². The summed E-state index contributed by atoms with van der Waals surface area (Å²) in [5.41, 5.74) is -0.872.